The lowest BCUT2D eigenvalue weighted by atomic mass is 10.3. The van der Waals surface area contributed by atoms with E-state index in [0.717, 1.165) is 24.1 Å². The van der Waals surface area contributed by atoms with Crippen molar-refractivity contribution in [2.75, 3.05) is 13.6 Å². The van der Waals surface area contributed by atoms with Gasteiger partial charge in [0.2, 0.25) is 0 Å². The van der Waals surface area contributed by atoms with Crippen LogP contribution in [0.25, 0.3) is 0 Å². The molecular weight excluding hydrogens is 252 g/mol. The van der Waals surface area contributed by atoms with E-state index in [9.17, 15) is 8.42 Å². The highest BCUT2D eigenvalue weighted by Crippen LogP contribution is 2.27. The molecule has 0 aliphatic carbocycles. The van der Waals surface area contributed by atoms with Crippen LogP contribution in [0.15, 0.2) is 5.03 Å². The molecule has 6 nitrogen and oxygen atoms in total. The number of nitrogens with one attached hydrogen (secondary N) is 2. The predicted octanol–water partition coefficient (Wildman–Crippen LogP) is 0.611. The van der Waals surface area contributed by atoms with E-state index in [1.807, 2.05) is 13.8 Å². The van der Waals surface area contributed by atoms with E-state index in [0.29, 0.717) is 13.1 Å². The van der Waals surface area contributed by atoms with Gasteiger partial charge in [0.25, 0.3) is 10.0 Å². The van der Waals surface area contributed by atoms with Crippen molar-refractivity contribution in [3.05, 3.63) is 11.3 Å². The van der Waals surface area contributed by atoms with Crippen molar-refractivity contribution in [3.8, 4) is 0 Å². The fourth-order valence-corrected chi connectivity index (χ4v) is 4.27. The highest BCUT2D eigenvalue weighted by molar-refractivity contribution is 7.89. The van der Waals surface area contributed by atoms with Crippen LogP contribution < -0.4 is 5.32 Å². The fourth-order valence-electron chi connectivity index (χ4n) is 2.40. The zero-order chi connectivity index (χ0) is 13.3. The van der Waals surface area contributed by atoms with Crippen LogP contribution in [0.5, 0.6) is 0 Å². The molecule has 1 aliphatic heterocycles. The Hall–Kier alpha value is -0.920. The number of nitrogens with zero attached hydrogens (tertiary/aromatic N) is 2. The van der Waals surface area contributed by atoms with Crippen LogP contribution >= 0.6 is 0 Å². The normalized spacial score (nSPS) is 21.6. The first kappa shape index (κ1) is 13.5. The van der Waals surface area contributed by atoms with E-state index >= 15 is 0 Å². The van der Waals surface area contributed by atoms with Gasteiger partial charge in [0, 0.05) is 30.4 Å². The molecule has 1 aromatic heterocycles. The monoisotopic (exact) mass is 272 g/mol. The Morgan fingerprint density at radius 1 is 1.56 bits per heavy atom. The van der Waals surface area contributed by atoms with Crippen molar-refractivity contribution < 1.29 is 8.42 Å². The van der Waals surface area contributed by atoms with Gasteiger partial charge in [-0.15, -0.1) is 0 Å². The molecule has 0 amide bonds. The summed E-state index contributed by atoms with van der Waals surface area (Å²) in [4.78, 5) is 0. The highest BCUT2D eigenvalue weighted by Gasteiger charge is 2.36. The van der Waals surface area contributed by atoms with Gasteiger partial charge < -0.3 is 5.32 Å². The summed E-state index contributed by atoms with van der Waals surface area (Å²) < 4.78 is 26.7. The summed E-state index contributed by atoms with van der Waals surface area (Å²) in [6.07, 6.45) is 1.84. The van der Waals surface area contributed by atoms with Gasteiger partial charge in [-0.1, -0.05) is 0 Å². The maximum atomic E-state index is 12.6. The van der Waals surface area contributed by atoms with Crippen molar-refractivity contribution >= 4 is 10.0 Å². The minimum Gasteiger partial charge on any atom is -0.316 e. The molecule has 2 rings (SSSR count). The van der Waals surface area contributed by atoms with E-state index in [2.05, 4.69) is 15.5 Å². The topological polar surface area (TPSA) is 78.1 Å². The number of sulfonamides is 1. The summed E-state index contributed by atoms with van der Waals surface area (Å²) in [7, 11) is -1.68. The summed E-state index contributed by atoms with van der Waals surface area (Å²) in [5.41, 5.74) is 1.53. The van der Waals surface area contributed by atoms with Gasteiger partial charge in [-0.2, -0.15) is 9.40 Å². The SMILES string of the molecule is CNCc1c(S(=O)(=O)N2CCCC2C)n[nH]c1C. The maximum Gasteiger partial charge on any atom is 0.262 e. The van der Waals surface area contributed by atoms with Crippen LogP contribution in [-0.4, -0.2) is 42.6 Å². The zero-order valence-electron chi connectivity index (χ0n) is 11.0. The van der Waals surface area contributed by atoms with Crippen LogP contribution in [0.3, 0.4) is 0 Å². The van der Waals surface area contributed by atoms with Gasteiger partial charge in [0.15, 0.2) is 5.03 Å². The van der Waals surface area contributed by atoms with Crippen molar-refractivity contribution in [2.24, 2.45) is 0 Å². The third kappa shape index (κ3) is 2.17. The molecule has 102 valence electrons. The molecule has 0 aromatic carbocycles. The number of H-pyrrole nitrogens is 1. The van der Waals surface area contributed by atoms with E-state index in [4.69, 9.17) is 0 Å². The molecule has 1 unspecified atom stereocenters. The lowest BCUT2D eigenvalue weighted by Crippen LogP contribution is -2.34. The van der Waals surface area contributed by atoms with E-state index < -0.39 is 10.0 Å². The summed E-state index contributed by atoms with van der Waals surface area (Å²) in [5.74, 6) is 0. The number of aromatic nitrogens is 2. The summed E-state index contributed by atoms with van der Waals surface area (Å²) in [6.45, 7) is 4.88. The van der Waals surface area contributed by atoms with Crippen molar-refractivity contribution in [1.82, 2.24) is 19.8 Å². The third-order valence-electron chi connectivity index (χ3n) is 3.43. The maximum absolute atomic E-state index is 12.6. The van der Waals surface area contributed by atoms with Crippen molar-refractivity contribution in [3.63, 3.8) is 0 Å². The van der Waals surface area contributed by atoms with Gasteiger partial charge in [-0.05, 0) is 33.7 Å². The number of aryl methyl sites for hydroxylation is 1. The second kappa shape index (κ2) is 4.99. The molecule has 2 N–H and O–H groups in total. The van der Waals surface area contributed by atoms with Crippen LogP contribution in [0.4, 0.5) is 0 Å². The summed E-state index contributed by atoms with van der Waals surface area (Å²) in [5, 5.41) is 9.91. The molecule has 1 saturated heterocycles. The molecule has 1 atom stereocenters. The Morgan fingerprint density at radius 3 is 2.83 bits per heavy atom. The largest absolute Gasteiger partial charge is 0.316 e. The van der Waals surface area contributed by atoms with Gasteiger partial charge in [0.1, 0.15) is 0 Å². The second-order valence-corrected chi connectivity index (χ2v) is 6.58. The van der Waals surface area contributed by atoms with E-state index in [-0.39, 0.29) is 11.1 Å². The molecule has 2 heterocycles. The van der Waals surface area contributed by atoms with E-state index in [1.54, 1.807) is 11.4 Å². The molecule has 7 heteroatoms. The summed E-state index contributed by atoms with van der Waals surface area (Å²) in [6, 6.07) is 0.0643. The van der Waals surface area contributed by atoms with Crippen molar-refractivity contribution in [1.29, 1.82) is 0 Å². The van der Waals surface area contributed by atoms with Gasteiger partial charge in [0.05, 0.1) is 0 Å². The highest BCUT2D eigenvalue weighted by atomic mass is 32.2. The quantitative estimate of drug-likeness (QED) is 0.842. The summed E-state index contributed by atoms with van der Waals surface area (Å²) >= 11 is 0. The van der Waals surface area contributed by atoms with E-state index in [1.165, 1.54) is 0 Å². The average Bonchev–Trinajstić information content (AvgIpc) is 2.88. The molecular formula is C11H20N4O2S. The lowest BCUT2D eigenvalue weighted by molar-refractivity contribution is 0.405. The molecule has 18 heavy (non-hydrogen) atoms. The van der Waals surface area contributed by atoms with Crippen molar-refractivity contribution in [2.45, 2.75) is 44.3 Å². The Morgan fingerprint density at radius 2 is 2.28 bits per heavy atom. The zero-order valence-corrected chi connectivity index (χ0v) is 11.8. The minimum atomic E-state index is -3.47. The van der Waals surface area contributed by atoms with Crippen LogP contribution in [0.1, 0.15) is 31.0 Å². The Bertz CT molecular complexity index is 523. The fraction of sp³-hybridized carbons (Fsp3) is 0.727. The molecule has 0 saturated carbocycles. The Kier molecular flexibility index (Phi) is 3.74. The molecule has 0 spiro atoms. The molecule has 1 aromatic rings. The Labute approximate surface area is 108 Å². The number of hydrogen-bond acceptors (Lipinski definition) is 4. The first-order valence-electron chi connectivity index (χ1n) is 6.18. The Balaban J connectivity index is 2.41. The van der Waals surface area contributed by atoms with Gasteiger partial charge >= 0.3 is 0 Å². The van der Waals surface area contributed by atoms with Gasteiger partial charge in [-0.3, -0.25) is 5.10 Å². The lowest BCUT2D eigenvalue weighted by Gasteiger charge is -2.20. The van der Waals surface area contributed by atoms with Crippen LogP contribution in [0, 0.1) is 6.92 Å². The molecule has 1 aliphatic rings. The standard InChI is InChI=1S/C11H20N4O2S/c1-8-5-4-6-15(8)18(16,17)11-10(7-12-3)9(2)13-14-11/h8,12H,4-7H2,1-3H3,(H,13,14). The number of hydrogen-bond donors (Lipinski definition) is 2. The van der Waals surface area contributed by atoms with Gasteiger partial charge in [-0.25, -0.2) is 8.42 Å². The predicted molar refractivity (Wildman–Crippen MR) is 68.7 cm³/mol. The molecule has 1 fully saturated rings. The number of rotatable bonds is 4. The molecule has 0 radical (unpaired) electrons. The number of aromatic amines is 1. The van der Waals surface area contributed by atoms with Crippen LogP contribution in [-0.2, 0) is 16.6 Å². The third-order valence-corrected chi connectivity index (χ3v) is 5.42. The molecule has 0 bridgehead atoms. The first-order chi connectivity index (χ1) is 8.48. The van der Waals surface area contributed by atoms with Crippen LogP contribution in [0.2, 0.25) is 0 Å². The first-order valence-corrected chi connectivity index (χ1v) is 7.62. The second-order valence-electron chi connectivity index (χ2n) is 4.77. The minimum absolute atomic E-state index is 0.0643. The smallest absolute Gasteiger partial charge is 0.262 e. The average molecular weight is 272 g/mol.